The predicted octanol–water partition coefficient (Wildman–Crippen LogP) is 0.214. The van der Waals surface area contributed by atoms with Crippen LogP contribution < -0.4 is 16.0 Å². The third kappa shape index (κ3) is 6.92. The van der Waals surface area contributed by atoms with Crippen molar-refractivity contribution >= 4 is 28.0 Å². The lowest BCUT2D eigenvalue weighted by atomic mass is 9.95. The van der Waals surface area contributed by atoms with Gasteiger partial charge in [0.15, 0.2) is 5.44 Å². The summed E-state index contributed by atoms with van der Waals surface area (Å²) >= 11 is 0. The van der Waals surface area contributed by atoms with Gasteiger partial charge in [-0.1, -0.05) is 26.0 Å². The van der Waals surface area contributed by atoms with Crippen LogP contribution in [0.5, 0.6) is 0 Å². The molecule has 3 amide bonds. The molecule has 34 heavy (non-hydrogen) atoms. The minimum Gasteiger partial charge on any atom is -0.746 e. The molecular formula is C22H34N3O8S-. The molecule has 3 aliphatic rings. The highest BCUT2D eigenvalue weighted by atomic mass is 32.2. The van der Waals surface area contributed by atoms with Crippen LogP contribution in [0.3, 0.4) is 0 Å². The number of aliphatic hydroxyl groups is 1. The summed E-state index contributed by atoms with van der Waals surface area (Å²) in [7, 11) is -5.16. The average Bonchev–Trinajstić information content (AvgIpc) is 3.47. The van der Waals surface area contributed by atoms with E-state index in [9.17, 15) is 32.5 Å². The van der Waals surface area contributed by atoms with Crippen LogP contribution in [0.4, 0.5) is 4.79 Å². The molecular weight excluding hydrogens is 466 g/mol. The summed E-state index contributed by atoms with van der Waals surface area (Å²) in [5.41, 5.74) is -2.43. The fourth-order valence-electron chi connectivity index (χ4n) is 5.06. The van der Waals surface area contributed by atoms with Gasteiger partial charge in [-0.25, -0.2) is 13.2 Å². The first kappa shape index (κ1) is 26.4. The molecule has 0 radical (unpaired) electrons. The Morgan fingerprint density at radius 2 is 2.00 bits per heavy atom. The highest BCUT2D eigenvalue weighted by Gasteiger charge is 2.37. The molecule has 192 valence electrons. The number of rotatable bonds is 11. The van der Waals surface area contributed by atoms with Gasteiger partial charge in [-0.2, -0.15) is 0 Å². The highest BCUT2D eigenvalue weighted by molar-refractivity contribution is 7.86. The largest absolute Gasteiger partial charge is 0.746 e. The van der Waals surface area contributed by atoms with Gasteiger partial charge in [0.2, 0.25) is 11.8 Å². The van der Waals surface area contributed by atoms with Crippen molar-refractivity contribution < 1.29 is 37.2 Å². The Morgan fingerprint density at radius 1 is 1.26 bits per heavy atom. The number of aliphatic hydroxyl groups excluding tert-OH is 1. The lowest BCUT2D eigenvalue weighted by molar-refractivity contribution is -0.126. The van der Waals surface area contributed by atoms with E-state index in [0.29, 0.717) is 24.8 Å². The van der Waals surface area contributed by atoms with Crippen LogP contribution in [0.1, 0.15) is 46.0 Å². The fraction of sp³-hybridized carbons (Fsp3) is 0.773. The molecule has 0 aromatic carbocycles. The van der Waals surface area contributed by atoms with Crippen LogP contribution in [0.2, 0.25) is 0 Å². The molecule has 0 spiro atoms. The number of alkyl carbamates (subject to hydrolysis) is 1. The van der Waals surface area contributed by atoms with E-state index >= 15 is 0 Å². The number of hydrogen-bond donors (Lipinski definition) is 4. The Morgan fingerprint density at radius 3 is 2.53 bits per heavy atom. The van der Waals surface area contributed by atoms with Gasteiger partial charge in [-0.15, -0.1) is 0 Å². The van der Waals surface area contributed by atoms with Gasteiger partial charge < -0.3 is 30.3 Å². The van der Waals surface area contributed by atoms with Gasteiger partial charge in [0.1, 0.15) is 16.2 Å². The third-order valence-electron chi connectivity index (χ3n) is 6.83. The predicted molar refractivity (Wildman–Crippen MR) is 120 cm³/mol. The first-order valence-corrected chi connectivity index (χ1v) is 13.2. The minimum atomic E-state index is -5.16. The number of fused-ring (bicyclic) bond motifs is 2. The van der Waals surface area contributed by atoms with Crippen LogP contribution in [-0.2, 0) is 24.4 Å². The number of nitrogens with one attached hydrogen (secondary N) is 3. The SMILES string of the molecule is CC(C)C[C@H](NC(=O)OCC1CC2C=CC1C2)C(=O)NC(CC1CCNC1=O)C(O)S(=O)(=O)[O-]. The van der Waals surface area contributed by atoms with Gasteiger partial charge in [0.25, 0.3) is 0 Å². The summed E-state index contributed by atoms with van der Waals surface area (Å²) in [6.07, 6.45) is 5.97. The van der Waals surface area contributed by atoms with E-state index in [-0.39, 0.29) is 37.2 Å². The molecule has 6 unspecified atom stereocenters. The fourth-order valence-corrected chi connectivity index (χ4v) is 5.64. The molecule has 7 atom stereocenters. The summed E-state index contributed by atoms with van der Waals surface area (Å²) < 4.78 is 39.7. The second-order valence-corrected chi connectivity index (χ2v) is 11.4. The first-order chi connectivity index (χ1) is 15.9. The van der Waals surface area contributed by atoms with Crippen molar-refractivity contribution in [2.45, 2.75) is 63.5 Å². The zero-order chi connectivity index (χ0) is 25.0. The second kappa shape index (κ2) is 11.0. The number of carbonyl (C=O) groups excluding carboxylic acids is 3. The first-order valence-electron chi connectivity index (χ1n) is 11.8. The summed E-state index contributed by atoms with van der Waals surface area (Å²) in [6.45, 7) is 4.30. The number of carbonyl (C=O) groups is 3. The van der Waals surface area contributed by atoms with Crippen molar-refractivity contribution in [2.24, 2.45) is 29.6 Å². The average molecular weight is 501 g/mol. The van der Waals surface area contributed by atoms with Crippen LogP contribution in [0.25, 0.3) is 0 Å². The van der Waals surface area contributed by atoms with E-state index in [1.165, 1.54) is 0 Å². The van der Waals surface area contributed by atoms with Crippen molar-refractivity contribution in [1.29, 1.82) is 0 Å². The number of hydrogen-bond acceptors (Lipinski definition) is 8. The Labute approximate surface area is 199 Å². The summed E-state index contributed by atoms with van der Waals surface area (Å²) in [5.74, 6) is -0.596. The minimum absolute atomic E-state index is 0.0148. The molecule has 3 rings (SSSR count). The molecule has 1 saturated carbocycles. The van der Waals surface area contributed by atoms with E-state index < -0.39 is 45.6 Å². The Kier molecular flexibility index (Phi) is 8.58. The molecule has 1 aliphatic heterocycles. The Hall–Kier alpha value is -2.18. The van der Waals surface area contributed by atoms with Crippen LogP contribution in [0, 0.1) is 29.6 Å². The molecule has 11 nitrogen and oxygen atoms in total. The molecule has 0 aromatic rings. The highest BCUT2D eigenvalue weighted by Crippen LogP contribution is 2.43. The number of ether oxygens (including phenoxy) is 1. The maximum atomic E-state index is 13.0. The van der Waals surface area contributed by atoms with E-state index in [1.54, 1.807) is 0 Å². The number of amides is 3. The molecule has 2 bridgehead atoms. The van der Waals surface area contributed by atoms with Gasteiger partial charge in [-0.05, 0) is 49.9 Å². The monoisotopic (exact) mass is 500 g/mol. The summed E-state index contributed by atoms with van der Waals surface area (Å²) in [5, 5.41) is 17.6. The van der Waals surface area contributed by atoms with Crippen molar-refractivity contribution in [3.63, 3.8) is 0 Å². The number of allylic oxidation sites excluding steroid dienone is 2. The van der Waals surface area contributed by atoms with Gasteiger partial charge in [-0.3, -0.25) is 9.59 Å². The summed E-state index contributed by atoms with van der Waals surface area (Å²) in [6, 6.07) is -2.58. The van der Waals surface area contributed by atoms with Gasteiger partial charge >= 0.3 is 6.09 Å². The maximum Gasteiger partial charge on any atom is 0.407 e. The Bertz CT molecular complexity index is 906. The van der Waals surface area contributed by atoms with Crippen molar-refractivity contribution in [1.82, 2.24) is 16.0 Å². The van der Waals surface area contributed by atoms with Crippen molar-refractivity contribution in [3.8, 4) is 0 Å². The van der Waals surface area contributed by atoms with Crippen LogP contribution >= 0.6 is 0 Å². The smallest absolute Gasteiger partial charge is 0.407 e. The second-order valence-electron chi connectivity index (χ2n) is 9.98. The summed E-state index contributed by atoms with van der Waals surface area (Å²) in [4.78, 5) is 37.3. The van der Waals surface area contributed by atoms with E-state index in [0.717, 1.165) is 12.8 Å². The lowest BCUT2D eigenvalue weighted by Crippen LogP contribution is -2.55. The van der Waals surface area contributed by atoms with E-state index in [1.807, 2.05) is 13.8 Å². The van der Waals surface area contributed by atoms with Crippen molar-refractivity contribution in [3.05, 3.63) is 12.2 Å². The quantitative estimate of drug-likeness (QED) is 0.230. The Balaban J connectivity index is 1.61. The lowest BCUT2D eigenvalue weighted by Gasteiger charge is -2.29. The molecule has 4 N–H and O–H groups in total. The molecule has 2 fully saturated rings. The zero-order valence-corrected chi connectivity index (χ0v) is 20.3. The molecule has 2 aliphatic carbocycles. The third-order valence-corrected chi connectivity index (χ3v) is 7.75. The standard InChI is InChI=1S/C22H35N3O8S/c1-12(2)7-17(25-22(29)33-11-16-9-13-3-4-14(16)8-13)20(27)24-18(21(28)34(30,31)32)10-15-5-6-23-19(15)26/h3-4,12-18,21,28H,5-11H2,1-2H3,(H,23,26)(H,24,27)(H,25,29)(H,30,31,32)/p-1/t13?,14?,15?,16?,17-,18?,21?/m0/s1. The van der Waals surface area contributed by atoms with Gasteiger partial charge in [0, 0.05) is 18.4 Å². The van der Waals surface area contributed by atoms with Crippen LogP contribution in [-0.4, -0.2) is 66.7 Å². The van der Waals surface area contributed by atoms with Crippen LogP contribution in [0.15, 0.2) is 12.2 Å². The molecule has 1 saturated heterocycles. The van der Waals surface area contributed by atoms with E-state index in [2.05, 4.69) is 28.1 Å². The maximum absolute atomic E-state index is 13.0. The molecule has 12 heteroatoms. The molecule has 1 heterocycles. The zero-order valence-electron chi connectivity index (χ0n) is 19.4. The topological polar surface area (TPSA) is 174 Å². The van der Waals surface area contributed by atoms with E-state index in [4.69, 9.17) is 4.74 Å². The normalized spacial score (nSPS) is 28.4. The van der Waals surface area contributed by atoms with Gasteiger partial charge in [0.05, 0.1) is 12.6 Å². The molecule has 0 aromatic heterocycles. The van der Waals surface area contributed by atoms with Crippen molar-refractivity contribution in [2.75, 3.05) is 13.2 Å².